The van der Waals surface area contributed by atoms with Crippen molar-refractivity contribution in [1.82, 2.24) is 0 Å². The number of carbonyl (C=O) groups excluding carboxylic acids is 3. The van der Waals surface area contributed by atoms with Crippen LogP contribution >= 0.6 is 0 Å². The third-order valence-electron chi connectivity index (χ3n) is 12.0. The van der Waals surface area contributed by atoms with Gasteiger partial charge in [-0.3, -0.25) is 14.4 Å². The maximum atomic E-state index is 12.8. The zero-order valence-electron chi connectivity index (χ0n) is 45.0. The molecule has 0 amide bonds. The Morgan fingerprint density at radius 1 is 0.304 bits per heavy atom. The molecular weight excluding hydrogens is 853 g/mol. The van der Waals surface area contributed by atoms with Crippen LogP contribution in [0.25, 0.3) is 0 Å². The number of ether oxygens (including phenoxy) is 3. The smallest absolute Gasteiger partial charge is 0.306 e. The summed E-state index contributed by atoms with van der Waals surface area (Å²) in [6.45, 7) is 6.43. The largest absolute Gasteiger partial charge is 0.462 e. The summed E-state index contributed by atoms with van der Waals surface area (Å²) in [4.78, 5) is 38.1. The zero-order chi connectivity index (χ0) is 50.0. The van der Waals surface area contributed by atoms with Gasteiger partial charge in [0, 0.05) is 19.3 Å². The summed E-state index contributed by atoms with van der Waals surface area (Å²) in [5, 5.41) is 0. The van der Waals surface area contributed by atoms with Crippen molar-refractivity contribution in [3.05, 3.63) is 97.2 Å². The highest BCUT2D eigenvalue weighted by Gasteiger charge is 2.19. The van der Waals surface area contributed by atoms with Crippen molar-refractivity contribution in [2.45, 2.75) is 271 Å². The minimum atomic E-state index is -0.791. The summed E-state index contributed by atoms with van der Waals surface area (Å²) in [6, 6.07) is 0. The fourth-order valence-corrected chi connectivity index (χ4v) is 7.74. The Morgan fingerprint density at radius 2 is 0.594 bits per heavy atom. The van der Waals surface area contributed by atoms with E-state index in [2.05, 4.69) is 118 Å². The van der Waals surface area contributed by atoms with E-state index in [4.69, 9.17) is 14.2 Å². The molecule has 0 bridgehead atoms. The molecule has 0 radical (unpaired) electrons. The number of carbonyl (C=O) groups is 3. The Morgan fingerprint density at radius 3 is 0.957 bits per heavy atom. The molecular formula is C63H106O6. The molecule has 1 unspecified atom stereocenters. The number of allylic oxidation sites excluding steroid dienone is 16. The maximum Gasteiger partial charge on any atom is 0.306 e. The Balaban J connectivity index is 4.32. The minimum Gasteiger partial charge on any atom is -0.462 e. The SMILES string of the molecule is CC/C=C\C/C=C\C/C=C\C/C=C\C/C=C\CCCCCCCCCCCC(=O)OCC(COC(=O)CCCCCCC/C=C\CCCCCC)OC(=O)CCCCCCC/C=C\C/C=C\CCC. The van der Waals surface area contributed by atoms with Crippen LogP contribution in [-0.4, -0.2) is 37.2 Å². The fraction of sp³-hybridized carbons (Fsp3) is 0.698. The molecule has 0 saturated heterocycles. The first-order chi connectivity index (χ1) is 34.0. The van der Waals surface area contributed by atoms with Gasteiger partial charge in [0.15, 0.2) is 6.10 Å². The van der Waals surface area contributed by atoms with Gasteiger partial charge in [-0.1, -0.05) is 227 Å². The van der Waals surface area contributed by atoms with Gasteiger partial charge in [-0.15, -0.1) is 0 Å². The van der Waals surface area contributed by atoms with Crippen molar-refractivity contribution in [3.8, 4) is 0 Å². The van der Waals surface area contributed by atoms with Crippen LogP contribution in [0.3, 0.4) is 0 Å². The van der Waals surface area contributed by atoms with Gasteiger partial charge in [0.05, 0.1) is 0 Å². The minimum absolute atomic E-state index is 0.0893. The third kappa shape index (κ3) is 55.1. The predicted octanol–water partition coefficient (Wildman–Crippen LogP) is 19.3. The second-order valence-corrected chi connectivity index (χ2v) is 18.8. The van der Waals surface area contributed by atoms with Crippen LogP contribution in [0.5, 0.6) is 0 Å². The molecule has 394 valence electrons. The third-order valence-corrected chi connectivity index (χ3v) is 12.0. The molecule has 1 atom stereocenters. The molecule has 0 aromatic carbocycles. The fourth-order valence-electron chi connectivity index (χ4n) is 7.74. The number of esters is 3. The topological polar surface area (TPSA) is 78.9 Å². The van der Waals surface area contributed by atoms with Crippen molar-refractivity contribution in [2.75, 3.05) is 13.2 Å². The molecule has 0 aliphatic rings. The lowest BCUT2D eigenvalue weighted by Gasteiger charge is -2.18. The standard InChI is InChI=1S/C63H106O6/c1-4-7-10-13-16-19-22-25-26-27-28-29-30-31-32-33-34-35-36-39-41-44-47-50-53-56-62(65)68-59-60(69-63(66)57-54-51-48-45-42-38-24-21-18-15-12-9-6-3)58-67-61(64)55-52-49-46-43-40-37-23-20-17-14-11-8-5-2/h7,10,12,15-16,19-21,23-26,28-29,31-32,60H,4-6,8-9,11,13-14,17-18,22,27,30,33-59H2,1-3H3/b10-7-,15-12-,19-16-,23-20-,24-21-,26-25-,29-28-,32-31-. The Kier molecular flexibility index (Phi) is 53.9. The van der Waals surface area contributed by atoms with Gasteiger partial charge in [0.2, 0.25) is 0 Å². The summed E-state index contributed by atoms with van der Waals surface area (Å²) in [7, 11) is 0. The monoisotopic (exact) mass is 959 g/mol. The highest BCUT2D eigenvalue weighted by atomic mass is 16.6. The van der Waals surface area contributed by atoms with Crippen LogP contribution in [0.4, 0.5) is 0 Å². The average molecular weight is 960 g/mol. The van der Waals surface area contributed by atoms with Crippen LogP contribution in [-0.2, 0) is 28.6 Å². The molecule has 0 aromatic rings. The molecule has 0 fully saturated rings. The zero-order valence-corrected chi connectivity index (χ0v) is 45.0. The lowest BCUT2D eigenvalue weighted by molar-refractivity contribution is -0.167. The molecule has 0 aromatic heterocycles. The van der Waals surface area contributed by atoms with Crippen LogP contribution in [0.1, 0.15) is 265 Å². The summed E-state index contributed by atoms with van der Waals surface area (Å²) >= 11 is 0. The lowest BCUT2D eigenvalue weighted by Crippen LogP contribution is -2.30. The van der Waals surface area contributed by atoms with E-state index in [0.29, 0.717) is 19.3 Å². The van der Waals surface area contributed by atoms with E-state index >= 15 is 0 Å². The molecule has 0 heterocycles. The van der Waals surface area contributed by atoms with E-state index in [0.717, 1.165) is 135 Å². The normalized spacial score (nSPS) is 12.8. The quantitative estimate of drug-likeness (QED) is 0.0262. The first kappa shape index (κ1) is 65.3. The first-order valence-corrected chi connectivity index (χ1v) is 28.7. The molecule has 0 saturated carbocycles. The molecule has 6 heteroatoms. The van der Waals surface area contributed by atoms with E-state index in [1.165, 1.54) is 89.9 Å². The summed E-state index contributed by atoms with van der Waals surface area (Å²) in [5.41, 5.74) is 0. The molecule has 0 aliphatic carbocycles. The first-order valence-electron chi connectivity index (χ1n) is 28.7. The summed E-state index contributed by atoms with van der Waals surface area (Å²) < 4.78 is 16.8. The van der Waals surface area contributed by atoms with Crippen molar-refractivity contribution < 1.29 is 28.6 Å². The van der Waals surface area contributed by atoms with Crippen LogP contribution in [0, 0.1) is 0 Å². The van der Waals surface area contributed by atoms with Crippen molar-refractivity contribution >= 4 is 17.9 Å². The van der Waals surface area contributed by atoms with E-state index in [-0.39, 0.29) is 31.1 Å². The molecule has 0 aliphatic heterocycles. The second kappa shape index (κ2) is 56.9. The second-order valence-electron chi connectivity index (χ2n) is 18.8. The molecule has 6 nitrogen and oxygen atoms in total. The van der Waals surface area contributed by atoms with Gasteiger partial charge in [-0.05, 0) is 116 Å². The van der Waals surface area contributed by atoms with Crippen LogP contribution in [0.15, 0.2) is 97.2 Å². The van der Waals surface area contributed by atoms with Gasteiger partial charge in [0.25, 0.3) is 0 Å². The number of hydrogen-bond donors (Lipinski definition) is 0. The molecule has 0 N–H and O–H groups in total. The van der Waals surface area contributed by atoms with Crippen molar-refractivity contribution in [1.29, 1.82) is 0 Å². The molecule has 0 spiro atoms. The highest BCUT2D eigenvalue weighted by molar-refractivity contribution is 5.71. The Labute approximate surface area is 426 Å². The van der Waals surface area contributed by atoms with Gasteiger partial charge in [-0.25, -0.2) is 0 Å². The maximum absolute atomic E-state index is 12.8. The lowest BCUT2D eigenvalue weighted by atomic mass is 10.1. The van der Waals surface area contributed by atoms with Crippen molar-refractivity contribution in [3.63, 3.8) is 0 Å². The highest BCUT2D eigenvalue weighted by Crippen LogP contribution is 2.15. The van der Waals surface area contributed by atoms with E-state index in [1.54, 1.807) is 0 Å². The number of rotatable bonds is 51. The van der Waals surface area contributed by atoms with E-state index < -0.39 is 6.10 Å². The molecule has 69 heavy (non-hydrogen) atoms. The van der Waals surface area contributed by atoms with E-state index in [1.807, 2.05) is 0 Å². The summed E-state index contributed by atoms with van der Waals surface area (Å²) in [6.07, 6.45) is 75.4. The van der Waals surface area contributed by atoms with Gasteiger partial charge >= 0.3 is 17.9 Å². The van der Waals surface area contributed by atoms with Crippen LogP contribution < -0.4 is 0 Å². The van der Waals surface area contributed by atoms with Gasteiger partial charge in [-0.2, -0.15) is 0 Å². The Bertz CT molecular complexity index is 1380. The number of hydrogen-bond acceptors (Lipinski definition) is 6. The van der Waals surface area contributed by atoms with E-state index in [9.17, 15) is 14.4 Å². The van der Waals surface area contributed by atoms with Gasteiger partial charge < -0.3 is 14.2 Å². The van der Waals surface area contributed by atoms with Gasteiger partial charge in [0.1, 0.15) is 13.2 Å². The Hall–Kier alpha value is -3.67. The van der Waals surface area contributed by atoms with Crippen molar-refractivity contribution in [2.24, 2.45) is 0 Å². The predicted molar refractivity (Wildman–Crippen MR) is 297 cm³/mol. The summed E-state index contributed by atoms with van der Waals surface area (Å²) in [5.74, 6) is -0.916. The molecule has 0 rings (SSSR count). The van der Waals surface area contributed by atoms with Crippen LogP contribution in [0.2, 0.25) is 0 Å². The number of unbranched alkanes of at least 4 members (excludes halogenated alkanes) is 24. The average Bonchev–Trinajstić information content (AvgIpc) is 3.35.